The van der Waals surface area contributed by atoms with Gasteiger partial charge in [-0.3, -0.25) is 10.3 Å². The Kier molecular flexibility index (Phi) is 4.78. The van der Waals surface area contributed by atoms with Gasteiger partial charge in [-0.1, -0.05) is 12.2 Å². The molecule has 16 heavy (non-hydrogen) atoms. The summed E-state index contributed by atoms with van der Waals surface area (Å²) in [5.74, 6) is -0.624. The van der Waals surface area contributed by atoms with Crippen molar-refractivity contribution in [2.75, 3.05) is 19.7 Å². The highest BCUT2D eigenvalue weighted by Crippen LogP contribution is 2.06. The predicted octanol–water partition coefficient (Wildman–Crippen LogP) is -0.379. The Hall–Kier alpha value is -1.56. The van der Waals surface area contributed by atoms with E-state index in [9.17, 15) is 4.79 Å². The van der Waals surface area contributed by atoms with Crippen molar-refractivity contribution < 1.29 is 9.53 Å². The Labute approximate surface area is 94.9 Å². The fourth-order valence-corrected chi connectivity index (χ4v) is 1.56. The summed E-state index contributed by atoms with van der Waals surface area (Å²) < 4.78 is 4.94. The third kappa shape index (κ3) is 3.54. The largest absolute Gasteiger partial charge is 0.463 e. The first kappa shape index (κ1) is 12.5. The minimum absolute atomic E-state index is 0.229. The van der Waals surface area contributed by atoms with Crippen molar-refractivity contribution in [3.63, 3.8) is 0 Å². The summed E-state index contributed by atoms with van der Waals surface area (Å²) >= 11 is 0. The lowest BCUT2D eigenvalue weighted by atomic mass is 10.2. The molecule has 0 aromatic carbocycles. The molecule has 0 saturated carbocycles. The summed E-state index contributed by atoms with van der Waals surface area (Å²) in [7, 11) is 0. The molecule has 1 atom stereocenters. The van der Waals surface area contributed by atoms with Crippen LogP contribution < -0.4 is 11.1 Å². The maximum absolute atomic E-state index is 11.7. The predicted molar refractivity (Wildman–Crippen MR) is 60.8 cm³/mol. The zero-order valence-corrected chi connectivity index (χ0v) is 9.40. The minimum Gasteiger partial charge on any atom is -0.463 e. The van der Waals surface area contributed by atoms with Gasteiger partial charge >= 0.3 is 5.97 Å². The number of nitrogens with zero attached hydrogens (tertiary/aromatic N) is 1. The molecule has 1 unspecified atom stereocenters. The minimum atomic E-state index is -0.664. The van der Waals surface area contributed by atoms with Crippen molar-refractivity contribution in [1.29, 1.82) is 5.41 Å². The van der Waals surface area contributed by atoms with E-state index in [-0.39, 0.29) is 5.96 Å². The molecule has 0 amide bonds. The van der Waals surface area contributed by atoms with Gasteiger partial charge in [0, 0.05) is 13.1 Å². The molecule has 0 fully saturated rings. The summed E-state index contributed by atoms with van der Waals surface area (Å²) in [6.45, 7) is 3.47. The molecule has 0 spiro atoms. The number of hydrogen-bond donors (Lipinski definition) is 3. The van der Waals surface area contributed by atoms with Crippen LogP contribution in [-0.2, 0) is 9.53 Å². The number of rotatable bonds is 4. The van der Waals surface area contributed by atoms with E-state index in [1.54, 1.807) is 6.92 Å². The molecule has 1 aliphatic heterocycles. The van der Waals surface area contributed by atoms with Crippen LogP contribution in [0.25, 0.3) is 0 Å². The van der Waals surface area contributed by atoms with Gasteiger partial charge in [-0.25, -0.2) is 4.79 Å². The van der Waals surface area contributed by atoms with Gasteiger partial charge in [0.1, 0.15) is 0 Å². The molecule has 0 aliphatic carbocycles. The molecule has 1 heterocycles. The van der Waals surface area contributed by atoms with Crippen LogP contribution in [0.1, 0.15) is 13.3 Å². The third-order valence-corrected chi connectivity index (χ3v) is 2.26. The first-order valence-electron chi connectivity index (χ1n) is 5.31. The van der Waals surface area contributed by atoms with Crippen molar-refractivity contribution in [2.45, 2.75) is 19.5 Å². The van der Waals surface area contributed by atoms with E-state index in [2.05, 4.69) is 11.4 Å². The highest BCUT2D eigenvalue weighted by atomic mass is 16.5. The monoisotopic (exact) mass is 226 g/mol. The van der Waals surface area contributed by atoms with Gasteiger partial charge in [0.2, 0.25) is 0 Å². The number of hydrogen-bond acceptors (Lipinski definition) is 4. The van der Waals surface area contributed by atoms with E-state index in [1.807, 2.05) is 11.0 Å². The average molecular weight is 226 g/mol. The maximum Gasteiger partial charge on any atom is 0.344 e. The van der Waals surface area contributed by atoms with E-state index >= 15 is 0 Å². The second-order valence-electron chi connectivity index (χ2n) is 3.47. The number of esters is 1. The van der Waals surface area contributed by atoms with Gasteiger partial charge < -0.3 is 15.8 Å². The normalized spacial score (nSPS) is 17.8. The van der Waals surface area contributed by atoms with Crippen LogP contribution in [-0.4, -0.2) is 42.7 Å². The van der Waals surface area contributed by atoms with Gasteiger partial charge in [0.05, 0.1) is 6.61 Å². The van der Waals surface area contributed by atoms with Crippen molar-refractivity contribution >= 4 is 11.9 Å². The van der Waals surface area contributed by atoms with Crippen LogP contribution in [0.5, 0.6) is 0 Å². The second-order valence-corrected chi connectivity index (χ2v) is 3.47. The average Bonchev–Trinajstić information content (AvgIpc) is 2.27. The Morgan fingerprint density at radius 1 is 1.69 bits per heavy atom. The lowest BCUT2D eigenvalue weighted by Crippen LogP contribution is -2.56. The van der Waals surface area contributed by atoms with Crippen molar-refractivity contribution in [3.05, 3.63) is 12.2 Å². The van der Waals surface area contributed by atoms with Crippen LogP contribution in [0.4, 0.5) is 0 Å². The molecule has 6 heteroatoms. The fraction of sp³-hybridized carbons (Fsp3) is 0.600. The highest BCUT2D eigenvalue weighted by molar-refractivity contribution is 5.83. The van der Waals surface area contributed by atoms with E-state index in [4.69, 9.17) is 15.9 Å². The summed E-state index contributed by atoms with van der Waals surface area (Å²) in [4.78, 5) is 13.6. The van der Waals surface area contributed by atoms with Gasteiger partial charge in [-0.05, 0) is 13.3 Å². The number of nitrogens with two attached hydrogens (primary N) is 1. The first-order valence-corrected chi connectivity index (χ1v) is 5.31. The summed E-state index contributed by atoms with van der Waals surface area (Å²) in [5, 5.41) is 9.80. The molecule has 1 aliphatic rings. The number of nitrogens with one attached hydrogen (secondary N) is 2. The Morgan fingerprint density at radius 3 is 2.94 bits per heavy atom. The van der Waals surface area contributed by atoms with Crippen LogP contribution >= 0.6 is 0 Å². The lowest BCUT2D eigenvalue weighted by molar-refractivity contribution is -0.150. The van der Waals surface area contributed by atoms with Crippen LogP contribution in [0.2, 0.25) is 0 Å². The van der Waals surface area contributed by atoms with Gasteiger partial charge in [-0.2, -0.15) is 0 Å². The Bertz CT molecular complexity index is 291. The SMILES string of the molecule is CCOC(=O)C(NC(=N)N)N1CC=CCC1. The summed E-state index contributed by atoms with van der Waals surface area (Å²) in [6.07, 6.45) is 4.27. The third-order valence-electron chi connectivity index (χ3n) is 2.26. The van der Waals surface area contributed by atoms with E-state index in [1.165, 1.54) is 0 Å². The molecule has 4 N–H and O–H groups in total. The highest BCUT2D eigenvalue weighted by Gasteiger charge is 2.27. The number of carbonyl (C=O) groups excluding carboxylic acids is 1. The molecule has 90 valence electrons. The van der Waals surface area contributed by atoms with Crippen LogP contribution in [0.15, 0.2) is 12.2 Å². The fourth-order valence-electron chi connectivity index (χ4n) is 1.56. The molecule has 0 saturated heterocycles. The Morgan fingerprint density at radius 2 is 2.44 bits per heavy atom. The van der Waals surface area contributed by atoms with Gasteiger partial charge in [0.25, 0.3) is 0 Å². The van der Waals surface area contributed by atoms with Gasteiger partial charge in [0.15, 0.2) is 12.1 Å². The van der Waals surface area contributed by atoms with E-state index < -0.39 is 12.1 Å². The molecule has 0 aromatic rings. The number of carbonyl (C=O) groups is 1. The number of guanidine groups is 1. The number of ether oxygens (including phenoxy) is 1. The lowest BCUT2D eigenvalue weighted by Gasteiger charge is -2.31. The topological polar surface area (TPSA) is 91.4 Å². The molecule has 0 bridgehead atoms. The van der Waals surface area contributed by atoms with Crippen molar-refractivity contribution in [3.8, 4) is 0 Å². The van der Waals surface area contributed by atoms with Crippen molar-refractivity contribution in [2.24, 2.45) is 5.73 Å². The molecular formula is C10H18N4O2. The maximum atomic E-state index is 11.7. The molecule has 6 nitrogen and oxygen atoms in total. The smallest absolute Gasteiger partial charge is 0.344 e. The van der Waals surface area contributed by atoms with E-state index in [0.717, 1.165) is 13.0 Å². The molecular weight excluding hydrogens is 208 g/mol. The summed E-state index contributed by atoms with van der Waals surface area (Å²) in [5.41, 5.74) is 5.25. The van der Waals surface area contributed by atoms with Crippen molar-refractivity contribution in [1.82, 2.24) is 10.2 Å². The molecule has 1 rings (SSSR count). The first-order chi connectivity index (χ1) is 7.65. The second kappa shape index (κ2) is 6.12. The standard InChI is InChI=1S/C10H18N4O2/c1-2-16-9(15)8(13-10(11)12)14-6-4-3-5-7-14/h3-4,8H,2,5-7H2,1H3,(H4,11,12,13). The quantitative estimate of drug-likeness (QED) is 0.263. The molecule has 0 aromatic heterocycles. The van der Waals surface area contributed by atoms with Gasteiger partial charge in [-0.15, -0.1) is 0 Å². The van der Waals surface area contributed by atoms with Crippen LogP contribution in [0, 0.1) is 5.41 Å². The Balaban J connectivity index is 2.65. The summed E-state index contributed by atoms with van der Waals surface area (Å²) in [6, 6.07) is 0. The van der Waals surface area contributed by atoms with Crippen LogP contribution in [0.3, 0.4) is 0 Å². The zero-order chi connectivity index (χ0) is 12.0. The zero-order valence-electron chi connectivity index (χ0n) is 9.40. The molecule has 0 radical (unpaired) electrons. The van der Waals surface area contributed by atoms with E-state index in [0.29, 0.717) is 13.2 Å².